The average molecular weight is 250 g/mol. The predicted octanol–water partition coefficient (Wildman–Crippen LogP) is 2.14. The number of hydrogen-bond acceptors (Lipinski definition) is 2. The topological polar surface area (TPSA) is 55.1 Å². The van der Waals surface area contributed by atoms with Gasteiger partial charge in [-0.05, 0) is 37.5 Å². The van der Waals surface area contributed by atoms with Crippen molar-refractivity contribution in [2.45, 2.75) is 38.1 Å². The molecule has 3 nitrogen and oxygen atoms in total. The number of hydrogen-bond donors (Lipinski definition) is 2. The Morgan fingerprint density at radius 3 is 2.72 bits per heavy atom. The molecule has 3 N–H and O–H groups in total. The van der Waals surface area contributed by atoms with E-state index in [0.29, 0.717) is 12.1 Å². The van der Waals surface area contributed by atoms with Gasteiger partial charge in [-0.25, -0.2) is 4.39 Å². The SMILES string of the molecule is Cc1ccc(F)cc1C(=O)NC1(CN)CCCC1. The lowest BCUT2D eigenvalue weighted by molar-refractivity contribution is 0.0902. The fraction of sp³-hybridized carbons (Fsp3) is 0.500. The van der Waals surface area contributed by atoms with Crippen molar-refractivity contribution in [3.8, 4) is 0 Å². The Hall–Kier alpha value is -1.42. The fourth-order valence-electron chi connectivity index (χ4n) is 2.58. The summed E-state index contributed by atoms with van der Waals surface area (Å²) < 4.78 is 13.2. The van der Waals surface area contributed by atoms with E-state index in [1.165, 1.54) is 12.1 Å². The minimum atomic E-state index is -0.390. The lowest BCUT2D eigenvalue weighted by Gasteiger charge is -2.29. The summed E-state index contributed by atoms with van der Waals surface area (Å²) in [7, 11) is 0. The number of carbonyl (C=O) groups excluding carboxylic acids is 1. The van der Waals surface area contributed by atoms with Crippen LogP contribution >= 0.6 is 0 Å². The van der Waals surface area contributed by atoms with Crippen LogP contribution in [0, 0.1) is 12.7 Å². The monoisotopic (exact) mass is 250 g/mol. The second-order valence-corrected chi connectivity index (χ2v) is 5.10. The summed E-state index contributed by atoms with van der Waals surface area (Å²) >= 11 is 0. The highest BCUT2D eigenvalue weighted by Gasteiger charge is 2.34. The van der Waals surface area contributed by atoms with Gasteiger partial charge in [-0.3, -0.25) is 4.79 Å². The van der Waals surface area contributed by atoms with Crippen molar-refractivity contribution < 1.29 is 9.18 Å². The summed E-state index contributed by atoms with van der Waals surface area (Å²) in [5.74, 6) is -0.613. The first-order valence-electron chi connectivity index (χ1n) is 6.35. The number of nitrogens with two attached hydrogens (primary N) is 1. The zero-order valence-electron chi connectivity index (χ0n) is 10.6. The summed E-state index contributed by atoms with van der Waals surface area (Å²) in [6.07, 6.45) is 3.98. The quantitative estimate of drug-likeness (QED) is 0.863. The molecule has 0 unspecified atom stereocenters. The largest absolute Gasteiger partial charge is 0.345 e. The third kappa shape index (κ3) is 2.53. The van der Waals surface area contributed by atoms with Crippen LogP contribution in [-0.2, 0) is 0 Å². The lowest BCUT2D eigenvalue weighted by atomic mass is 9.96. The van der Waals surface area contributed by atoms with Crippen LogP contribution in [0.5, 0.6) is 0 Å². The van der Waals surface area contributed by atoms with E-state index < -0.39 is 0 Å². The first-order chi connectivity index (χ1) is 8.56. The van der Waals surface area contributed by atoms with Gasteiger partial charge in [-0.1, -0.05) is 18.9 Å². The Bertz CT molecular complexity index is 453. The van der Waals surface area contributed by atoms with Crippen LogP contribution in [-0.4, -0.2) is 18.0 Å². The van der Waals surface area contributed by atoms with Gasteiger partial charge in [-0.15, -0.1) is 0 Å². The van der Waals surface area contributed by atoms with Crippen molar-refractivity contribution in [2.75, 3.05) is 6.54 Å². The predicted molar refractivity (Wildman–Crippen MR) is 68.9 cm³/mol. The fourth-order valence-corrected chi connectivity index (χ4v) is 2.58. The molecule has 0 radical (unpaired) electrons. The van der Waals surface area contributed by atoms with E-state index in [1.54, 1.807) is 13.0 Å². The molecule has 1 aromatic rings. The van der Waals surface area contributed by atoms with Gasteiger partial charge in [0, 0.05) is 12.1 Å². The van der Waals surface area contributed by atoms with Crippen molar-refractivity contribution in [3.63, 3.8) is 0 Å². The van der Waals surface area contributed by atoms with E-state index >= 15 is 0 Å². The summed E-state index contributed by atoms with van der Waals surface area (Å²) in [4.78, 5) is 12.2. The summed E-state index contributed by atoms with van der Waals surface area (Å²) in [6.45, 7) is 2.24. The highest BCUT2D eigenvalue weighted by molar-refractivity contribution is 5.96. The highest BCUT2D eigenvalue weighted by atomic mass is 19.1. The van der Waals surface area contributed by atoms with Crippen molar-refractivity contribution >= 4 is 5.91 Å². The molecule has 0 aromatic heterocycles. The summed E-state index contributed by atoms with van der Waals surface area (Å²) in [5.41, 5.74) is 6.65. The van der Waals surface area contributed by atoms with Crippen LogP contribution in [0.2, 0.25) is 0 Å². The maximum Gasteiger partial charge on any atom is 0.252 e. The zero-order valence-corrected chi connectivity index (χ0v) is 10.6. The second kappa shape index (κ2) is 5.06. The standard InChI is InChI=1S/C14H19FN2O/c1-10-4-5-11(15)8-12(10)13(18)17-14(9-16)6-2-3-7-14/h4-5,8H,2-3,6-7,9,16H2,1H3,(H,17,18). The van der Waals surface area contributed by atoms with Crippen LogP contribution in [0.3, 0.4) is 0 Å². The van der Waals surface area contributed by atoms with Gasteiger partial charge in [-0.2, -0.15) is 0 Å². The minimum Gasteiger partial charge on any atom is -0.345 e. The molecule has 0 aliphatic heterocycles. The normalized spacial score (nSPS) is 17.7. The van der Waals surface area contributed by atoms with Crippen LogP contribution in [0.1, 0.15) is 41.6 Å². The smallest absolute Gasteiger partial charge is 0.252 e. The maximum atomic E-state index is 13.2. The van der Waals surface area contributed by atoms with Crippen LogP contribution in [0.4, 0.5) is 4.39 Å². The van der Waals surface area contributed by atoms with Gasteiger partial charge in [0.05, 0.1) is 5.54 Å². The number of nitrogens with one attached hydrogen (secondary N) is 1. The molecule has 1 saturated carbocycles. The van der Waals surface area contributed by atoms with E-state index in [0.717, 1.165) is 31.2 Å². The van der Waals surface area contributed by atoms with E-state index in [-0.39, 0.29) is 17.3 Å². The number of carbonyl (C=O) groups is 1. The molecule has 0 atom stereocenters. The molecule has 0 bridgehead atoms. The van der Waals surface area contributed by atoms with Gasteiger partial charge >= 0.3 is 0 Å². The number of rotatable bonds is 3. The Morgan fingerprint density at radius 2 is 2.11 bits per heavy atom. The molecular formula is C14H19FN2O. The van der Waals surface area contributed by atoms with Gasteiger partial charge < -0.3 is 11.1 Å². The van der Waals surface area contributed by atoms with Crippen molar-refractivity contribution in [3.05, 3.63) is 35.1 Å². The Kier molecular flexibility index (Phi) is 3.66. The van der Waals surface area contributed by atoms with Crippen molar-refractivity contribution in [2.24, 2.45) is 5.73 Å². The molecule has 0 heterocycles. The molecule has 1 fully saturated rings. The van der Waals surface area contributed by atoms with Gasteiger partial charge in [0.15, 0.2) is 0 Å². The number of benzene rings is 1. The molecule has 1 aromatic carbocycles. The molecule has 2 rings (SSSR count). The summed E-state index contributed by atoms with van der Waals surface area (Å²) in [6, 6.07) is 4.26. The van der Waals surface area contributed by atoms with E-state index in [9.17, 15) is 9.18 Å². The highest BCUT2D eigenvalue weighted by Crippen LogP contribution is 2.29. The number of halogens is 1. The van der Waals surface area contributed by atoms with Crippen LogP contribution in [0.15, 0.2) is 18.2 Å². The van der Waals surface area contributed by atoms with E-state index in [2.05, 4.69) is 5.32 Å². The van der Waals surface area contributed by atoms with Gasteiger partial charge in [0.2, 0.25) is 0 Å². The zero-order chi connectivity index (χ0) is 13.2. The number of amides is 1. The minimum absolute atomic E-state index is 0.223. The van der Waals surface area contributed by atoms with Crippen molar-refractivity contribution in [1.29, 1.82) is 0 Å². The molecule has 0 saturated heterocycles. The van der Waals surface area contributed by atoms with E-state index in [1.807, 2.05) is 0 Å². The molecule has 0 spiro atoms. The molecule has 1 aliphatic rings. The first kappa shape index (κ1) is 13.0. The second-order valence-electron chi connectivity index (χ2n) is 5.10. The van der Waals surface area contributed by atoms with Crippen molar-refractivity contribution in [1.82, 2.24) is 5.32 Å². The third-order valence-electron chi connectivity index (χ3n) is 3.77. The Labute approximate surface area is 107 Å². The summed E-state index contributed by atoms with van der Waals surface area (Å²) in [5, 5.41) is 3.00. The Morgan fingerprint density at radius 1 is 1.44 bits per heavy atom. The molecule has 1 amide bonds. The molecular weight excluding hydrogens is 231 g/mol. The van der Waals surface area contributed by atoms with E-state index in [4.69, 9.17) is 5.73 Å². The van der Waals surface area contributed by atoms with Gasteiger partial charge in [0.25, 0.3) is 5.91 Å². The average Bonchev–Trinajstić information content (AvgIpc) is 2.81. The number of aryl methyl sites for hydroxylation is 1. The molecule has 4 heteroatoms. The van der Waals surface area contributed by atoms with Crippen LogP contribution in [0.25, 0.3) is 0 Å². The molecule has 18 heavy (non-hydrogen) atoms. The molecule has 1 aliphatic carbocycles. The first-order valence-corrected chi connectivity index (χ1v) is 6.35. The Balaban J connectivity index is 2.18. The van der Waals surface area contributed by atoms with Crippen LogP contribution < -0.4 is 11.1 Å². The van der Waals surface area contributed by atoms with Gasteiger partial charge in [0.1, 0.15) is 5.82 Å². The third-order valence-corrected chi connectivity index (χ3v) is 3.77. The molecule has 98 valence electrons. The maximum absolute atomic E-state index is 13.2. The lowest BCUT2D eigenvalue weighted by Crippen LogP contribution is -2.51.